The van der Waals surface area contributed by atoms with E-state index < -0.39 is 0 Å². The van der Waals surface area contributed by atoms with Crippen LogP contribution in [0, 0.1) is 13.8 Å². The van der Waals surface area contributed by atoms with Crippen LogP contribution in [0.4, 0.5) is 5.69 Å². The first-order valence-corrected chi connectivity index (χ1v) is 10.1. The van der Waals surface area contributed by atoms with Gasteiger partial charge in [-0.1, -0.05) is 31.5 Å². The Morgan fingerprint density at radius 3 is 2.43 bits per heavy atom. The SMILES string of the molecule is COc1cc(C)c(/C=C2\SC(=Nc3ccc(C)cc3)N(C)C2=O)cc1C(C)C. The number of hydrogen-bond donors (Lipinski definition) is 0. The van der Waals surface area contributed by atoms with Gasteiger partial charge in [0.05, 0.1) is 17.7 Å². The number of rotatable bonds is 4. The van der Waals surface area contributed by atoms with E-state index in [-0.39, 0.29) is 5.91 Å². The van der Waals surface area contributed by atoms with Gasteiger partial charge in [0.2, 0.25) is 0 Å². The van der Waals surface area contributed by atoms with E-state index in [1.165, 1.54) is 17.3 Å². The molecule has 1 aliphatic heterocycles. The van der Waals surface area contributed by atoms with E-state index in [0.29, 0.717) is 16.0 Å². The standard InChI is InChI=1S/C23H26N2O2S/c1-14(2)19-12-17(16(4)11-20(19)27-6)13-21-22(26)25(5)23(28-21)24-18-9-7-15(3)8-10-18/h7-14H,1-6H3/b21-13-,24-23?. The van der Waals surface area contributed by atoms with Gasteiger partial charge in [-0.05, 0) is 78.6 Å². The molecule has 4 nitrogen and oxygen atoms in total. The second-order valence-electron chi connectivity index (χ2n) is 7.31. The maximum Gasteiger partial charge on any atom is 0.266 e. The average Bonchev–Trinajstić information content (AvgIpc) is 2.92. The minimum Gasteiger partial charge on any atom is -0.496 e. The summed E-state index contributed by atoms with van der Waals surface area (Å²) < 4.78 is 5.52. The molecule has 0 spiro atoms. The largest absolute Gasteiger partial charge is 0.496 e. The molecule has 0 radical (unpaired) electrons. The highest BCUT2D eigenvalue weighted by Crippen LogP contribution is 2.36. The van der Waals surface area contributed by atoms with Crippen LogP contribution < -0.4 is 4.74 Å². The molecule has 0 aliphatic carbocycles. The van der Waals surface area contributed by atoms with Crippen molar-refractivity contribution in [3.63, 3.8) is 0 Å². The number of thioether (sulfide) groups is 1. The second kappa shape index (κ2) is 8.23. The van der Waals surface area contributed by atoms with Crippen LogP contribution in [-0.2, 0) is 4.79 Å². The smallest absolute Gasteiger partial charge is 0.266 e. The monoisotopic (exact) mass is 394 g/mol. The maximum absolute atomic E-state index is 12.7. The number of aryl methyl sites for hydroxylation is 2. The van der Waals surface area contributed by atoms with E-state index in [1.807, 2.05) is 50.3 Å². The summed E-state index contributed by atoms with van der Waals surface area (Å²) in [4.78, 5) is 19.7. The molecule has 2 aromatic carbocycles. The minimum atomic E-state index is -0.0304. The summed E-state index contributed by atoms with van der Waals surface area (Å²) >= 11 is 1.41. The van der Waals surface area contributed by atoms with Crippen molar-refractivity contribution < 1.29 is 9.53 Å². The van der Waals surface area contributed by atoms with Crippen molar-refractivity contribution in [3.05, 3.63) is 63.6 Å². The zero-order valence-corrected chi connectivity index (χ0v) is 18.1. The molecule has 0 aromatic heterocycles. The highest BCUT2D eigenvalue weighted by Gasteiger charge is 2.30. The van der Waals surface area contributed by atoms with Crippen LogP contribution >= 0.6 is 11.8 Å². The Morgan fingerprint density at radius 2 is 1.82 bits per heavy atom. The van der Waals surface area contributed by atoms with Gasteiger partial charge in [0, 0.05) is 7.05 Å². The highest BCUT2D eigenvalue weighted by molar-refractivity contribution is 8.18. The summed E-state index contributed by atoms with van der Waals surface area (Å²) in [6.45, 7) is 8.36. The molecular formula is C23H26N2O2S. The molecule has 1 fully saturated rings. The number of ether oxygens (including phenoxy) is 1. The van der Waals surface area contributed by atoms with Crippen LogP contribution in [0.25, 0.3) is 6.08 Å². The zero-order valence-electron chi connectivity index (χ0n) is 17.2. The van der Waals surface area contributed by atoms with Crippen molar-refractivity contribution in [2.24, 2.45) is 4.99 Å². The summed E-state index contributed by atoms with van der Waals surface area (Å²) in [6.07, 6.45) is 1.96. The van der Waals surface area contributed by atoms with Crippen LogP contribution in [0.1, 0.15) is 42.0 Å². The Balaban J connectivity index is 1.96. The minimum absolute atomic E-state index is 0.0304. The number of carbonyl (C=O) groups is 1. The number of amides is 1. The maximum atomic E-state index is 12.7. The van der Waals surface area contributed by atoms with E-state index in [0.717, 1.165) is 28.1 Å². The van der Waals surface area contributed by atoms with Crippen molar-refractivity contribution >= 4 is 34.6 Å². The number of amidine groups is 1. The van der Waals surface area contributed by atoms with Crippen molar-refractivity contribution in [3.8, 4) is 5.75 Å². The topological polar surface area (TPSA) is 41.9 Å². The van der Waals surface area contributed by atoms with Crippen LogP contribution in [0.3, 0.4) is 0 Å². The molecule has 1 aliphatic rings. The predicted molar refractivity (Wildman–Crippen MR) is 118 cm³/mol. The predicted octanol–water partition coefficient (Wildman–Crippen LogP) is 5.67. The third-order valence-electron chi connectivity index (χ3n) is 4.79. The number of aliphatic imine (C=N–C) groups is 1. The number of carbonyl (C=O) groups excluding carboxylic acids is 1. The lowest BCUT2D eigenvalue weighted by atomic mass is 9.96. The lowest BCUT2D eigenvalue weighted by Crippen LogP contribution is -2.23. The number of methoxy groups -OCH3 is 1. The normalized spacial score (nSPS) is 17.2. The van der Waals surface area contributed by atoms with Gasteiger partial charge in [-0.2, -0.15) is 0 Å². The summed E-state index contributed by atoms with van der Waals surface area (Å²) in [5.41, 5.74) is 5.28. The molecule has 1 amide bonds. The van der Waals surface area contributed by atoms with E-state index in [4.69, 9.17) is 4.74 Å². The average molecular weight is 395 g/mol. The summed E-state index contributed by atoms with van der Waals surface area (Å²) in [5, 5.41) is 0.690. The third kappa shape index (κ3) is 4.14. The van der Waals surface area contributed by atoms with Gasteiger partial charge in [0.1, 0.15) is 5.75 Å². The molecular weight excluding hydrogens is 368 g/mol. The number of benzene rings is 2. The molecule has 1 heterocycles. The van der Waals surface area contributed by atoms with Crippen LogP contribution in [0.15, 0.2) is 46.3 Å². The van der Waals surface area contributed by atoms with Crippen LogP contribution in [0.5, 0.6) is 5.75 Å². The fraction of sp³-hybridized carbons (Fsp3) is 0.304. The van der Waals surface area contributed by atoms with Crippen LogP contribution in [0.2, 0.25) is 0 Å². The number of likely N-dealkylation sites (N-methyl/N-ethyl adjacent to an activating group) is 1. The molecule has 3 rings (SSSR count). The van der Waals surface area contributed by atoms with Gasteiger partial charge in [-0.25, -0.2) is 4.99 Å². The van der Waals surface area contributed by atoms with E-state index >= 15 is 0 Å². The fourth-order valence-corrected chi connectivity index (χ4v) is 4.00. The number of hydrogen-bond acceptors (Lipinski definition) is 4. The zero-order chi connectivity index (χ0) is 20.4. The Morgan fingerprint density at radius 1 is 1.14 bits per heavy atom. The molecule has 0 atom stereocenters. The van der Waals surface area contributed by atoms with Crippen molar-refractivity contribution in [1.82, 2.24) is 4.90 Å². The van der Waals surface area contributed by atoms with Crippen molar-refractivity contribution in [2.45, 2.75) is 33.6 Å². The quantitative estimate of drug-likeness (QED) is 0.628. The molecule has 146 valence electrons. The Bertz CT molecular complexity index is 959. The van der Waals surface area contributed by atoms with Crippen molar-refractivity contribution in [1.29, 1.82) is 0 Å². The Kier molecular flexibility index (Phi) is 5.94. The Hall–Kier alpha value is -2.53. The van der Waals surface area contributed by atoms with E-state index in [9.17, 15) is 4.79 Å². The van der Waals surface area contributed by atoms with Gasteiger partial charge in [-0.15, -0.1) is 0 Å². The first-order chi connectivity index (χ1) is 13.3. The number of nitrogens with zero attached hydrogens (tertiary/aromatic N) is 2. The van der Waals surface area contributed by atoms with E-state index in [2.05, 4.69) is 24.9 Å². The first-order valence-electron chi connectivity index (χ1n) is 9.31. The summed E-state index contributed by atoms with van der Waals surface area (Å²) in [5.74, 6) is 1.19. The lowest BCUT2D eigenvalue weighted by Gasteiger charge is -2.14. The highest BCUT2D eigenvalue weighted by atomic mass is 32.2. The van der Waals surface area contributed by atoms with Gasteiger partial charge >= 0.3 is 0 Å². The molecule has 1 saturated heterocycles. The summed E-state index contributed by atoms with van der Waals surface area (Å²) in [7, 11) is 3.46. The molecule has 0 unspecified atom stereocenters. The molecule has 28 heavy (non-hydrogen) atoms. The molecule has 0 bridgehead atoms. The van der Waals surface area contributed by atoms with Gasteiger partial charge < -0.3 is 4.74 Å². The van der Waals surface area contributed by atoms with Crippen LogP contribution in [-0.4, -0.2) is 30.1 Å². The fourth-order valence-electron chi connectivity index (χ4n) is 3.02. The second-order valence-corrected chi connectivity index (χ2v) is 8.32. The summed E-state index contributed by atoms with van der Waals surface area (Å²) in [6, 6.07) is 12.1. The van der Waals surface area contributed by atoms with Gasteiger partial charge in [0.25, 0.3) is 5.91 Å². The van der Waals surface area contributed by atoms with Gasteiger partial charge in [0.15, 0.2) is 5.17 Å². The van der Waals surface area contributed by atoms with E-state index in [1.54, 1.807) is 19.1 Å². The Labute approximate surface area is 171 Å². The van der Waals surface area contributed by atoms with Crippen molar-refractivity contribution in [2.75, 3.05) is 14.2 Å². The first kappa shape index (κ1) is 20.2. The lowest BCUT2D eigenvalue weighted by molar-refractivity contribution is -0.121. The van der Waals surface area contributed by atoms with Gasteiger partial charge in [-0.3, -0.25) is 9.69 Å². The molecule has 5 heteroatoms. The molecule has 0 N–H and O–H groups in total. The molecule has 2 aromatic rings. The third-order valence-corrected chi connectivity index (χ3v) is 5.85. The molecule has 0 saturated carbocycles.